The van der Waals surface area contributed by atoms with Gasteiger partial charge in [0.1, 0.15) is 19.3 Å². The molecule has 4 unspecified atom stereocenters. The van der Waals surface area contributed by atoms with Gasteiger partial charge in [0.25, 0.3) is 0 Å². The van der Waals surface area contributed by atoms with E-state index in [1.165, 1.54) is 218 Å². The van der Waals surface area contributed by atoms with Crippen LogP contribution in [0.15, 0.2) is 0 Å². The van der Waals surface area contributed by atoms with Gasteiger partial charge in [-0.25, -0.2) is 9.13 Å². The van der Waals surface area contributed by atoms with E-state index in [4.69, 9.17) is 37.0 Å². The van der Waals surface area contributed by atoms with Crippen LogP contribution in [0.5, 0.6) is 0 Å². The molecule has 97 heavy (non-hydrogen) atoms. The zero-order valence-corrected chi connectivity index (χ0v) is 65.2. The van der Waals surface area contributed by atoms with Crippen LogP contribution in [0.4, 0.5) is 0 Å². The summed E-state index contributed by atoms with van der Waals surface area (Å²) in [6.45, 7) is 9.52. The fourth-order valence-corrected chi connectivity index (χ4v) is 13.5. The van der Waals surface area contributed by atoms with Gasteiger partial charge in [0, 0.05) is 25.7 Å². The molecule has 0 aromatic rings. The van der Waals surface area contributed by atoms with Gasteiger partial charge >= 0.3 is 39.5 Å². The molecular weight excluding hydrogens is 1270 g/mol. The molecule has 0 aromatic heterocycles. The number of aliphatic hydroxyl groups is 1. The number of carbonyl (C=O) groups is 4. The highest BCUT2D eigenvalue weighted by molar-refractivity contribution is 7.47. The molecule has 0 rings (SSSR count). The highest BCUT2D eigenvalue weighted by atomic mass is 31.2. The standard InChI is InChI=1S/C78H152O17P2/c1-7-11-13-15-17-19-21-23-25-27-28-29-31-33-35-37-39-41-50-56-62-77(82)94-73(66-88-75(80)60-54-48-40-38-36-34-32-30-26-24-22-20-18-16-14-12-8-2)68-92-96(84,85)90-64-72(79)65-91-97(86,87)93-69-74(95-78(83)63-57-51-45-43-47-53-59-71(6)10-4)67-89-76(81)61-55-49-44-42-46-52-58-70(5)9-3/h70-74,79H,7-69H2,1-6H3,(H,84,85)(H,86,87)/t70?,71?,72-,73-,74-/m1/s1. The molecule has 19 heteroatoms. The Morgan fingerprint density at radius 2 is 0.495 bits per heavy atom. The average molecular weight is 1420 g/mol. The zero-order valence-electron chi connectivity index (χ0n) is 63.4. The molecule has 0 heterocycles. The Morgan fingerprint density at radius 3 is 0.732 bits per heavy atom. The molecule has 0 fully saturated rings. The molecule has 0 radical (unpaired) electrons. The van der Waals surface area contributed by atoms with Crippen LogP contribution in [0.25, 0.3) is 0 Å². The zero-order chi connectivity index (χ0) is 71.4. The van der Waals surface area contributed by atoms with Crippen molar-refractivity contribution >= 4 is 39.5 Å². The number of unbranched alkanes of at least 4 members (excludes halogenated alkanes) is 45. The van der Waals surface area contributed by atoms with Crippen LogP contribution in [0.3, 0.4) is 0 Å². The summed E-state index contributed by atoms with van der Waals surface area (Å²) in [5, 5.41) is 10.6. The summed E-state index contributed by atoms with van der Waals surface area (Å²) >= 11 is 0. The van der Waals surface area contributed by atoms with Crippen molar-refractivity contribution in [3.05, 3.63) is 0 Å². The quantitative estimate of drug-likeness (QED) is 0.0222. The first-order valence-electron chi connectivity index (χ1n) is 40.6. The third-order valence-electron chi connectivity index (χ3n) is 18.9. The van der Waals surface area contributed by atoms with Crippen LogP contribution in [-0.4, -0.2) is 96.7 Å². The number of ether oxygens (including phenoxy) is 4. The fraction of sp³-hybridized carbons (Fsp3) is 0.949. The summed E-state index contributed by atoms with van der Waals surface area (Å²) in [6, 6.07) is 0. The van der Waals surface area contributed by atoms with E-state index in [1.54, 1.807) is 0 Å². The molecule has 0 saturated heterocycles. The van der Waals surface area contributed by atoms with Crippen LogP contribution >= 0.6 is 15.6 Å². The monoisotopic (exact) mass is 1420 g/mol. The molecule has 0 aromatic carbocycles. The second kappa shape index (κ2) is 69.8. The summed E-state index contributed by atoms with van der Waals surface area (Å²) in [4.78, 5) is 72.8. The molecule has 17 nitrogen and oxygen atoms in total. The number of aliphatic hydroxyl groups excluding tert-OH is 1. The van der Waals surface area contributed by atoms with E-state index in [0.717, 1.165) is 108 Å². The summed E-state index contributed by atoms with van der Waals surface area (Å²) in [5.74, 6) is -0.667. The molecule has 0 saturated carbocycles. The van der Waals surface area contributed by atoms with E-state index in [0.29, 0.717) is 25.7 Å². The van der Waals surface area contributed by atoms with Gasteiger partial charge in [-0.15, -0.1) is 0 Å². The molecular formula is C78H152O17P2. The lowest BCUT2D eigenvalue weighted by atomic mass is 10.00. The number of phosphoric acid groups is 2. The Labute approximate surface area is 594 Å². The first kappa shape index (κ1) is 95.1. The predicted molar refractivity (Wildman–Crippen MR) is 395 cm³/mol. The van der Waals surface area contributed by atoms with E-state index < -0.39 is 97.5 Å². The van der Waals surface area contributed by atoms with E-state index in [1.807, 2.05) is 0 Å². The van der Waals surface area contributed by atoms with Gasteiger partial charge in [-0.05, 0) is 37.5 Å². The van der Waals surface area contributed by atoms with Crippen molar-refractivity contribution in [3.63, 3.8) is 0 Å². The van der Waals surface area contributed by atoms with Gasteiger partial charge in [-0.1, -0.05) is 356 Å². The minimum absolute atomic E-state index is 0.102. The van der Waals surface area contributed by atoms with Crippen LogP contribution < -0.4 is 0 Å². The van der Waals surface area contributed by atoms with Gasteiger partial charge in [0.15, 0.2) is 12.2 Å². The van der Waals surface area contributed by atoms with E-state index in [-0.39, 0.29) is 25.7 Å². The van der Waals surface area contributed by atoms with Crippen LogP contribution in [0, 0.1) is 11.8 Å². The Hall–Kier alpha value is -1.94. The van der Waals surface area contributed by atoms with E-state index in [9.17, 15) is 43.2 Å². The predicted octanol–water partition coefficient (Wildman–Crippen LogP) is 23.1. The number of hydrogen-bond donors (Lipinski definition) is 3. The molecule has 576 valence electrons. The molecule has 0 aliphatic carbocycles. The van der Waals surface area contributed by atoms with Gasteiger partial charge in [0.05, 0.1) is 26.4 Å². The van der Waals surface area contributed by atoms with Crippen molar-refractivity contribution in [1.29, 1.82) is 0 Å². The van der Waals surface area contributed by atoms with Crippen molar-refractivity contribution in [1.82, 2.24) is 0 Å². The lowest BCUT2D eigenvalue weighted by molar-refractivity contribution is -0.161. The van der Waals surface area contributed by atoms with Crippen molar-refractivity contribution in [2.75, 3.05) is 39.6 Å². The first-order chi connectivity index (χ1) is 46.9. The minimum atomic E-state index is -4.96. The normalized spacial score (nSPS) is 14.5. The minimum Gasteiger partial charge on any atom is -0.462 e. The van der Waals surface area contributed by atoms with Crippen molar-refractivity contribution in [3.8, 4) is 0 Å². The molecule has 0 aliphatic heterocycles. The van der Waals surface area contributed by atoms with E-state index >= 15 is 0 Å². The van der Waals surface area contributed by atoms with Gasteiger partial charge in [-0.3, -0.25) is 37.3 Å². The molecule has 7 atom stereocenters. The second-order valence-corrected chi connectivity index (χ2v) is 31.5. The Morgan fingerprint density at radius 1 is 0.289 bits per heavy atom. The number of carbonyl (C=O) groups excluding carboxylic acids is 4. The Balaban J connectivity index is 5.21. The van der Waals surface area contributed by atoms with Crippen molar-refractivity contribution < 1.29 is 80.2 Å². The SMILES string of the molecule is CCCCCCCCCCCCCCCCCCCCCCC(=O)O[C@H](COC(=O)CCCCCCCCCCCCCCCCCCC)COP(=O)(O)OC[C@@H](O)COP(=O)(O)OC[C@@H](COC(=O)CCCCCCCCC(C)CC)OC(=O)CCCCCCCCC(C)CC. The Bertz CT molecular complexity index is 1880. The van der Waals surface area contributed by atoms with Gasteiger partial charge < -0.3 is 33.8 Å². The summed E-state index contributed by atoms with van der Waals surface area (Å²) < 4.78 is 68.5. The molecule has 0 aliphatic rings. The van der Waals surface area contributed by atoms with Gasteiger partial charge in [0.2, 0.25) is 0 Å². The average Bonchev–Trinajstić information content (AvgIpc) is 1.46. The van der Waals surface area contributed by atoms with Crippen LogP contribution in [-0.2, 0) is 65.4 Å². The maximum absolute atomic E-state index is 13.1. The summed E-state index contributed by atoms with van der Waals surface area (Å²) in [5.41, 5.74) is 0. The summed E-state index contributed by atoms with van der Waals surface area (Å²) in [7, 11) is -9.91. The van der Waals surface area contributed by atoms with Crippen LogP contribution in [0.2, 0.25) is 0 Å². The third kappa shape index (κ3) is 69.5. The Kier molecular flexibility index (Phi) is 68.4. The van der Waals surface area contributed by atoms with Crippen LogP contribution in [0.1, 0.15) is 408 Å². The molecule has 3 N–H and O–H groups in total. The van der Waals surface area contributed by atoms with Gasteiger partial charge in [-0.2, -0.15) is 0 Å². The number of rotatable bonds is 77. The number of hydrogen-bond acceptors (Lipinski definition) is 15. The highest BCUT2D eigenvalue weighted by Crippen LogP contribution is 2.45. The van der Waals surface area contributed by atoms with Crippen molar-refractivity contribution in [2.45, 2.75) is 426 Å². The topological polar surface area (TPSA) is 237 Å². The lowest BCUT2D eigenvalue weighted by Crippen LogP contribution is -2.30. The lowest BCUT2D eigenvalue weighted by Gasteiger charge is -2.21. The van der Waals surface area contributed by atoms with Crippen molar-refractivity contribution in [2.24, 2.45) is 11.8 Å². The maximum atomic E-state index is 13.1. The first-order valence-corrected chi connectivity index (χ1v) is 43.6. The second-order valence-electron chi connectivity index (χ2n) is 28.6. The summed E-state index contributed by atoms with van der Waals surface area (Å²) in [6.07, 6.45) is 58.5. The fourth-order valence-electron chi connectivity index (χ4n) is 11.9. The number of phosphoric ester groups is 2. The highest BCUT2D eigenvalue weighted by Gasteiger charge is 2.30. The molecule has 0 amide bonds. The molecule has 0 bridgehead atoms. The third-order valence-corrected chi connectivity index (χ3v) is 20.8. The largest absolute Gasteiger partial charge is 0.472 e. The van der Waals surface area contributed by atoms with E-state index in [2.05, 4.69) is 41.5 Å². The smallest absolute Gasteiger partial charge is 0.462 e. The number of esters is 4. The maximum Gasteiger partial charge on any atom is 0.472 e. The molecule has 0 spiro atoms.